The van der Waals surface area contributed by atoms with E-state index in [1.807, 2.05) is 4.72 Å². The number of nitro groups is 1. The quantitative estimate of drug-likeness (QED) is 0.675. The van der Waals surface area contributed by atoms with Crippen molar-refractivity contribution >= 4 is 21.4 Å². The van der Waals surface area contributed by atoms with Crippen LogP contribution in [0.15, 0.2) is 42.5 Å². The van der Waals surface area contributed by atoms with Crippen LogP contribution in [0, 0.1) is 21.7 Å². The standard InChI is InChI=1S/C13H10F2N2O4S/c14-10-5-6-12(11(15)7-10)16-22(20,21)8-9-3-1-2-4-13(9)17(18)19/h1-7,16H,8H2. The molecule has 2 aromatic rings. The van der Waals surface area contributed by atoms with E-state index in [0.29, 0.717) is 6.07 Å². The minimum Gasteiger partial charge on any atom is -0.280 e. The van der Waals surface area contributed by atoms with Gasteiger partial charge in [0.1, 0.15) is 17.4 Å². The van der Waals surface area contributed by atoms with Gasteiger partial charge in [-0.2, -0.15) is 0 Å². The van der Waals surface area contributed by atoms with Crippen molar-refractivity contribution < 1.29 is 22.1 Å². The fourth-order valence-corrected chi connectivity index (χ4v) is 3.02. The molecule has 1 N–H and O–H groups in total. The first kappa shape index (κ1) is 15.8. The summed E-state index contributed by atoms with van der Waals surface area (Å²) in [6, 6.07) is 7.68. The zero-order chi connectivity index (χ0) is 16.3. The van der Waals surface area contributed by atoms with E-state index in [9.17, 15) is 27.3 Å². The van der Waals surface area contributed by atoms with E-state index in [2.05, 4.69) is 0 Å². The van der Waals surface area contributed by atoms with Gasteiger partial charge in [-0.15, -0.1) is 0 Å². The number of nitro benzene ring substituents is 1. The van der Waals surface area contributed by atoms with Crippen LogP contribution < -0.4 is 4.72 Å². The number of para-hydroxylation sites is 1. The largest absolute Gasteiger partial charge is 0.280 e. The van der Waals surface area contributed by atoms with E-state index in [0.717, 1.165) is 12.1 Å². The van der Waals surface area contributed by atoms with Gasteiger partial charge < -0.3 is 0 Å². The maximum atomic E-state index is 13.5. The lowest BCUT2D eigenvalue weighted by Crippen LogP contribution is -2.16. The Bertz CT molecular complexity index is 825. The van der Waals surface area contributed by atoms with Gasteiger partial charge in [0.05, 0.1) is 10.6 Å². The van der Waals surface area contributed by atoms with Crippen LogP contribution in [0.1, 0.15) is 5.56 Å². The Morgan fingerprint density at radius 3 is 2.45 bits per heavy atom. The van der Waals surface area contributed by atoms with Crippen LogP contribution in [0.4, 0.5) is 20.2 Å². The van der Waals surface area contributed by atoms with Gasteiger partial charge in [-0.25, -0.2) is 17.2 Å². The second-order valence-corrected chi connectivity index (χ2v) is 6.09. The summed E-state index contributed by atoms with van der Waals surface area (Å²) in [4.78, 5) is 10.1. The Kier molecular flexibility index (Phi) is 4.36. The van der Waals surface area contributed by atoms with Crippen molar-refractivity contribution in [1.82, 2.24) is 0 Å². The minimum atomic E-state index is -4.10. The number of hydrogen-bond acceptors (Lipinski definition) is 4. The molecule has 0 radical (unpaired) electrons. The summed E-state index contributed by atoms with van der Waals surface area (Å²) in [5, 5.41) is 10.8. The molecule has 0 aromatic heterocycles. The number of rotatable bonds is 5. The number of sulfonamides is 1. The van der Waals surface area contributed by atoms with Gasteiger partial charge in [-0.1, -0.05) is 18.2 Å². The van der Waals surface area contributed by atoms with Crippen molar-refractivity contribution in [3.8, 4) is 0 Å². The van der Waals surface area contributed by atoms with Crippen LogP contribution in [0.5, 0.6) is 0 Å². The Hall–Kier alpha value is -2.55. The molecule has 0 amide bonds. The Balaban J connectivity index is 2.27. The minimum absolute atomic E-state index is 0.0393. The van der Waals surface area contributed by atoms with Crippen molar-refractivity contribution in [3.05, 3.63) is 69.8 Å². The summed E-state index contributed by atoms with van der Waals surface area (Å²) >= 11 is 0. The molecule has 2 aromatic carbocycles. The molecule has 0 saturated heterocycles. The third kappa shape index (κ3) is 3.76. The maximum absolute atomic E-state index is 13.5. The monoisotopic (exact) mass is 328 g/mol. The lowest BCUT2D eigenvalue weighted by Gasteiger charge is -2.09. The SMILES string of the molecule is O=[N+]([O-])c1ccccc1CS(=O)(=O)Nc1ccc(F)cc1F. The molecule has 0 spiro atoms. The van der Waals surface area contributed by atoms with Gasteiger partial charge in [-0.3, -0.25) is 14.8 Å². The predicted octanol–water partition coefficient (Wildman–Crippen LogP) is 2.81. The van der Waals surface area contributed by atoms with Gasteiger partial charge in [-0.05, 0) is 12.1 Å². The van der Waals surface area contributed by atoms with E-state index < -0.39 is 38.0 Å². The average Bonchev–Trinajstić information content (AvgIpc) is 2.42. The number of nitrogens with zero attached hydrogens (tertiary/aromatic N) is 1. The normalized spacial score (nSPS) is 11.2. The van der Waals surface area contributed by atoms with Crippen molar-refractivity contribution in [3.63, 3.8) is 0 Å². The molecular weight excluding hydrogens is 318 g/mol. The number of benzene rings is 2. The van der Waals surface area contributed by atoms with Gasteiger partial charge in [0.2, 0.25) is 10.0 Å². The molecule has 2 rings (SSSR count). The molecule has 0 bridgehead atoms. The van der Waals surface area contributed by atoms with Crippen LogP contribution in [0.2, 0.25) is 0 Å². The summed E-state index contributed by atoms with van der Waals surface area (Å²) < 4.78 is 52.1. The number of halogens is 2. The molecule has 0 aliphatic rings. The van der Waals surface area contributed by atoms with Crippen LogP contribution in [0.25, 0.3) is 0 Å². The van der Waals surface area contributed by atoms with Crippen LogP contribution in [0.3, 0.4) is 0 Å². The lowest BCUT2D eigenvalue weighted by molar-refractivity contribution is -0.385. The number of nitrogens with one attached hydrogen (secondary N) is 1. The lowest BCUT2D eigenvalue weighted by atomic mass is 10.2. The van der Waals surface area contributed by atoms with Crippen LogP contribution in [-0.2, 0) is 15.8 Å². The van der Waals surface area contributed by atoms with Crippen molar-refractivity contribution in [2.75, 3.05) is 4.72 Å². The molecule has 116 valence electrons. The molecule has 0 fully saturated rings. The topological polar surface area (TPSA) is 89.3 Å². The van der Waals surface area contributed by atoms with Gasteiger partial charge in [0.15, 0.2) is 0 Å². The number of anilines is 1. The number of hydrogen-bond donors (Lipinski definition) is 1. The summed E-state index contributed by atoms with van der Waals surface area (Å²) in [5.74, 6) is -2.63. The average molecular weight is 328 g/mol. The predicted molar refractivity (Wildman–Crippen MR) is 75.7 cm³/mol. The molecule has 6 nitrogen and oxygen atoms in total. The molecule has 22 heavy (non-hydrogen) atoms. The Morgan fingerprint density at radius 1 is 1.14 bits per heavy atom. The second-order valence-electron chi connectivity index (χ2n) is 4.37. The fourth-order valence-electron chi connectivity index (χ4n) is 1.79. The highest BCUT2D eigenvalue weighted by molar-refractivity contribution is 7.91. The highest BCUT2D eigenvalue weighted by atomic mass is 32.2. The molecule has 0 heterocycles. The van der Waals surface area contributed by atoms with E-state index in [1.54, 1.807) is 0 Å². The van der Waals surface area contributed by atoms with E-state index in [1.165, 1.54) is 24.3 Å². The smallest absolute Gasteiger partial charge is 0.273 e. The molecule has 0 aliphatic heterocycles. The van der Waals surface area contributed by atoms with Crippen molar-refractivity contribution in [1.29, 1.82) is 0 Å². The Labute approximate surface area is 124 Å². The second kappa shape index (κ2) is 6.06. The Morgan fingerprint density at radius 2 is 1.82 bits per heavy atom. The molecule has 0 unspecified atom stereocenters. The maximum Gasteiger partial charge on any atom is 0.273 e. The first-order chi connectivity index (χ1) is 10.3. The zero-order valence-corrected chi connectivity index (χ0v) is 11.8. The summed E-state index contributed by atoms with van der Waals surface area (Å²) in [5.41, 5.74) is -0.824. The van der Waals surface area contributed by atoms with Gasteiger partial charge in [0.25, 0.3) is 5.69 Å². The van der Waals surface area contributed by atoms with Crippen LogP contribution >= 0.6 is 0 Å². The third-order valence-electron chi connectivity index (χ3n) is 2.73. The summed E-state index contributed by atoms with van der Waals surface area (Å²) in [6.07, 6.45) is 0. The molecule has 0 atom stereocenters. The summed E-state index contributed by atoms with van der Waals surface area (Å²) in [7, 11) is -4.10. The highest BCUT2D eigenvalue weighted by Gasteiger charge is 2.20. The fraction of sp³-hybridized carbons (Fsp3) is 0.0769. The van der Waals surface area contributed by atoms with Gasteiger partial charge >= 0.3 is 0 Å². The van der Waals surface area contributed by atoms with Crippen LogP contribution in [-0.4, -0.2) is 13.3 Å². The van der Waals surface area contributed by atoms with E-state index in [4.69, 9.17) is 0 Å². The first-order valence-corrected chi connectivity index (χ1v) is 7.61. The summed E-state index contributed by atoms with van der Waals surface area (Å²) in [6.45, 7) is 0. The highest BCUT2D eigenvalue weighted by Crippen LogP contribution is 2.22. The van der Waals surface area contributed by atoms with Gasteiger partial charge in [0, 0.05) is 17.7 Å². The first-order valence-electron chi connectivity index (χ1n) is 5.96. The zero-order valence-electron chi connectivity index (χ0n) is 11.0. The molecule has 0 saturated carbocycles. The van der Waals surface area contributed by atoms with Crippen molar-refractivity contribution in [2.45, 2.75) is 5.75 Å². The third-order valence-corrected chi connectivity index (χ3v) is 3.95. The van der Waals surface area contributed by atoms with E-state index >= 15 is 0 Å². The molecule has 9 heteroatoms. The van der Waals surface area contributed by atoms with Crippen molar-refractivity contribution in [2.24, 2.45) is 0 Å². The molecular formula is C13H10F2N2O4S. The van der Waals surface area contributed by atoms with E-state index in [-0.39, 0.29) is 11.3 Å². The molecule has 0 aliphatic carbocycles.